The van der Waals surface area contributed by atoms with Crippen molar-refractivity contribution in [3.05, 3.63) is 0 Å². The number of hydrogen-bond acceptors (Lipinski definition) is 3. The first-order chi connectivity index (χ1) is 10.4. The van der Waals surface area contributed by atoms with E-state index in [-0.39, 0.29) is 23.0 Å². The van der Waals surface area contributed by atoms with Crippen molar-refractivity contribution in [2.24, 2.45) is 34.5 Å². The molecule has 8 atom stereocenters. The van der Waals surface area contributed by atoms with Gasteiger partial charge in [0.2, 0.25) is 0 Å². The Morgan fingerprint density at radius 1 is 1.00 bits per heavy atom. The second kappa shape index (κ2) is 4.80. The van der Waals surface area contributed by atoms with Crippen molar-refractivity contribution < 1.29 is 15.0 Å². The Bertz CT molecular complexity index is 489. The molecule has 3 heteroatoms. The van der Waals surface area contributed by atoms with E-state index in [1.807, 2.05) is 0 Å². The smallest absolute Gasteiger partial charge is 0.139 e. The highest BCUT2D eigenvalue weighted by atomic mass is 16.3. The summed E-state index contributed by atoms with van der Waals surface area (Å²) in [6, 6.07) is 0. The molecule has 4 fully saturated rings. The summed E-state index contributed by atoms with van der Waals surface area (Å²) in [5, 5.41) is 20.9. The maximum Gasteiger partial charge on any atom is 0.139 e. The van der Waals surface area contributed by atoms with Gasteiger partial charge in [-0.15, -0.1) is 0 Å². The van der Waals surface area contributed by atoms with Gasteiger partial charge in [0.05, 0.1) is 12.2 Å². The Morgan fingerprint density at radius 3 is 2.55 bits per heavy atom. The van der Waals surface area contributed by atoms with Crippen LogP contribution in [-0.4, -0.2) is 28.2 Å². The fourth-order valence-corrected chi connectivity index (χ4v) is 6.97. The molecule has 1 unspecified atom stereocenters. The summed E-state index contributed by atoms with van der Waals surface area (Å²) in [4.78, 5) is 12.4. The fourth-order valence-electron chi connectivity index (χ4n) is 6.97. The minimum absolute atomic E-state index is 0.167. The van der Waals surface area contributed by atoms with Gasteiger partial charge < -0.3 is 10.2 Å². The van der Waals surface area contributed by atoms with Crippen molar-refractivity contribution in [3.8, 4) is 0 Å². The molecule has 0 aromatic heterocycles. The van der Waals surface area contributed by atoms with Crippen LogP contribution in [0.1, 0.15) is 65.2 Å². The van der Waals surface area contributed by atoms with Gasteiger partial charge in [-0.1, -0.05) is 13.8 Å². The lowest BCUT2D eigenvalue weighted by atomic mass is 9.44. The van der Waals surface area contributed by atoms with Crippen molar-refractivity contribution in [3.63, 3.8) is 0 Å². The van der Waals surface area contributed by atoms with Gasteiger partial charge in [0.15, 0.2) is 0 Å². The number of carbonyl (C=O) groups excluding carboxylic acids is 1. The number of Topliss-reactive ketones (excluding diaryl/α,β-unsaturated/α-hetero) is 1. The first-order valence-corrected chi connectivity index (χ1v) is 9.25. The molecular weight excluding hydrogens is 276 g/mol. The van der Waals surface area contributed by atoms with E-state index in [0.717, 1.165) is 51.4 Å². The van der Waals surface area contributed by atoms with E-state index in [2.05, 4.69) is 13.8 Å². The number of rotatable bonds is 0. The summed E-state index contributed by atoms with van der Waals surface area (Å²) < 4.78 is 0. The zero-order valence-electron chi connectivity index (χ0n) is 13.9. The third-order valence-electron chi connectivity index (χ3n) is 8.36. The molecule has 0 aliphatic heterocycles. The van der Waals surface area contributed by atoms with E-state index in [1.165, 1.54) is 0 Å². The van der Waals surface area contributed by atoms with Gasteiger partial charge >= 0.3 is 0 Å². The highest BCUT2D eigenvalue weighted by Gasteiger charge is 2.62. The average Bonchev–Trinajstić information content (AvgIpc) is 2.77. The van der Waals surface area contributed by atoms with E-state index in [0.29, 0.717) is 29.5 Å². The van der Waals surface area contributed by atoms with E-state index in [1.54, 1.807) is 0 Å². The third-order valence-corrected chi connectivity index (χ3v) is 8.36. The van der Waals surface area contributed by atoms with E-state index < -0.39 is 0 Å². The molecule has 4 rings (SSSR count). The average molecular weight is 306 g/mol. The molecule has 4 saturated carbocycles. The number of aliphatic hydroxyl groups excluding tert-OH is 2. The normalized spacial score (nSPS) is 57.9. The standard InChI is InChI=1S/C19H30O3/c1-18-7-5-12(20)9-11(18)10-15(21)17-13-3-4-16(22)19(13,2)8-6-14(17)18/h11-15,17,20-21H,3-10H2,1-2H3/t11-,12+,13+,14+,15+,17+,18?,19+/m1/s1. The van der Waals surface area contributed by atoms with Crippen LogP contribution in [0.2, 0.25) is 0 Å². The lowest BCUT2D eigenvalue weighted by Gasteiger charge is -2.61. The van der Waals surface area contributed by atoms with Crippen LogP contribution in [0.4, 0.5) is 0 Å². The van der Waals surface area contributed by atoms with Crippen molar-refractivity contribution in [2.45, 2.75) is 77.4 Å². The lowest BCUT2D eigenvalue weighted by molar-refractivity contribution is -0.171. The molecule has 0 saturated heterocycles. The summed E-state index contributed by atoms with van der Waals surface area (Å²) in [5.74, 6) is 2.13. The minimum Gasteiger partial charge on any atom is -0.393 e. The Balaban J connectivity index is 1.69. The van der Waals surface area contributed by atoms with Crippen LogP contribution in [0.5, 0.6) is 0 Å². The molecule has 3 nitrogen and oxygen atoms in total. The molecule has 2 N–H and O–H groups in total. The van der Waals surface area contributed by atoms with Crippen LogP contribution in [0.25, 0.3) is 0 Å². The predicted molar refractivity (Wildman–Crippen MR) is 84.1 cm³/mol. The Labute approximate surface area is 133 Å². The number of hydrogen-bond donors (Lipinski definition) is 2. The van der Waals surface area contributed by atoms with Crippen LogP contribution in [0.3, 0.4) is 0 Å². The molecule has 0 spiro atoms. The highest BCUT2D eigenvalue weighted by Crippen LogP contribution is 2.65. The Hall–Kier alpha value is -0.410. The van der Waals surface area contributed by atoms with Gasteiger partial charge in [-0.25, -0.2) is 0 Å². The van der Waals surface area contributed by atoms with Crippen molar-refractivity contribution in [1.82, 2.24) is 0 Å². The second-order valence-corrected chi connectivity index (χ2v) is 9.14. The summed E-state index contributed by atoms with van der Waals surface area (Å²) in [6.07, 6.45) is 7.03. The summed E-state index contributed by atoms with van der Waals surface area (Å²) in [6.45, 7) is 4.57. The van der Waals surface area contributed by atoms with Gasteiger partial charge in [-0.05, 0) is 74.0 Å². The Kier molecular flexibility index (Phi) is 3.30. The zero-order valence-corrected chi connectivity index (χ0v) is 13.9. The Morgan fingerprint density at radius 2 is 1.77 bits per heavy atom. The van der Waals surface area contributed by atoms with Gasteiger partial charge in [-0.2, -0.15) is 0 Å². The second-order valence-electron chi connectivity index (χ2n) is 9.14. The van der Waals surface area contributed by atoms with Crippen LogP contribution in [-0.2, 0) is 4.79 Å². The van der Waals surface area contributed by atoms with E-state index >= 15 is 0 Å². The molecule has 22 heavy (non-hydrogen) atoms. The molecule has 0 aromatic rings. The summed E-state index contributed by atoms with van der Waals surface area (Å²) in [7, 11) is 0. The van der Waals surface area contributed by atoms with Crippen LogP contribution in [0.15, 0.2) is 0 Å². The number of aliphatic hydroxyl groups is 2. The molecule has 4 aliphatic carbocycles. The first-order valence-electron chi connectivity index (χ1n) is 9.25. The number of carbonyl (C=O) groups is 1. The van der Waals surface area contributed by atoms with E-state index in [4.69, 9.17) is 0 Å². The van der Waals surface area contributed by atoms with Crippen molar-refractivity contribution in [2.75, 3.05) is 0 Å². The maximum absolute atomic E-state index is 12.4. The molecule has 124 valence electrons. The SMILES string of the molecule is CC12CC[C@H](O)C[C@@H]1C[C@H](O)[C@@H]1[C@@H]2CC[C@]2(C)C(=O)CC[C@@H]12. The van der Waals surface area contributed by atoms with Crippen LogP contribution < -0.4 is 0 Å². The maximum atomic E-state index is 12.4. The summed E-state index contributed by atoms with van der Waals surface area (Å²) in [5.41, 5.74) is 0.0929. The van der Waals surface area contributed by atoms with Gasteiger partial charge in [0.1, 0.15) is 5.78 Å². The molecule has 0 bridgehead atoms. The number of fused-ring (bicyclic) bond motifs is 5. The topological polar surface area (TPSA) is 57.5 Å². The molecule has 0 aromatic carbocycles. The molecule has 0 heterocycles. The minimum atomic E-state index is -0.274. The molecule has 4 aliphatic rings. The largest absolute Gasteiger partial charge is 0.393 e. The highest BCUT2D eigenvalue weighted by molar-refractivity contribution is 5.87. The molecular formula is C19H30O3. The zero-order chi connectivity index (χ0) is 15.7. The van der Waals surface area contributed by atoms with Crippen LogP contribution in [0, 0.1) is 34.5 Å². The quantitative estimate of drug-likeness (QED) is 0.723. The first kappa shape index (κ1) is 15.1. The monoisotopic (exact) mass is 306 g/mol. The van der Waals surface area contributed by atoms with Gasteiger partial charge in [0, 0.05) is 11.8 Å². The fraction of sp³-hybridized carbons (Fsp3) is 0.947. The number of ketones is 1. The molecule has 0 radical (unpaired) electrons. The van der Waals surface area contributed by atoms with Crippen molar-refractivity contribution >= 4 is 5.78 Å². The van der Waals surface area contributed by atoms with Gasteiger partial charge in [-0.3, -0.25) is 4.79 Å². The van der Waals surface area contributed by atoms with Gasteiger partial charge in [0.25, 0.3) is 0 Å². The van der Waals surface area contributed by atoms with Crippen molar-refractivity contribution in [1.29, 1.82) is 0 Å². The molecule has 0 amide bonds. The van der Waals surface area contributed by atoms with Crippen LogP contribution >= 0.6 is 0 Å². The van der Waals surface area contributed by atoms with E-state index in [9.17, 15) is 15.0 Å². The lowest BCUT2D eigenvalue weighted by Crippen LogP contribution is -2.58. The third kappa shape index (κ3) is 1.84. The summed E-state index contributed by atoms with van der Waals surface area (Å²) >= 11 is 0. The predicted octanol–water partition coefficient (Wildman–Crippen LogP) is 2.93.